The Morgan fingerprint density at radius 3 is 1.88 bits per heavy atom. The van der Waals surface area contributed by atoms with Gasteiger partial charge in [0.05, 0.1) is 6.04 Å². The molecule has 6 nitrogen and oxygen atoms in total. The van der Waals surface area contributed by atoms with E-state index in [0.29, 0.717) is 11.1 Å². The Morgan fingerprint density at radius 2 is 1.38 bits per heavy atom. The third-order valence-electron chi connectivity index (χ3n) is 3.72. The lowest BCUT2D eigenvalue weighted by Crippen LogP contribution is -2.31. The van der Waals surface area contributed by atoms with Gasteiger partial charge in [-0.25, -0.2) is 5.48 Å². The summed E-state index contributed by atoms with van der Waals surface area (Å²) in [6.07, 6.45) is 0. The van der Waals surface area contributed by atoms with Gasteiger partial charge in [-0.3, -0.25) is 14.8 Å². The van der Waals surface area contributed by atoms with Gasteiger partial charge < -0.3 is 10.4 Å². The molecule has 1 atom stereocenters. The van der Waals surface area contributed by atoms with Gasteiger partial charge in [0.15, 0.2) is 0 Å². The molecule has 4 N–H and O–H groups in total. The van der Waals surface area contributed by atoms with Crippen molar-refractivity contribution in [3.05, 3.63) is 65.2 Å². The number of amides is 2. The molecule has 0 aliphatic heterocycles. The largest absolute Gasteiger partial charge is 0.508 e. The predicted octanol–water partition coefficient (Wildman–Crippen LogP) is 2.64. The summed E-state index contributed by atoms with van der Waals surface area (Å²) in [5.41, 5.74) is 3.22. The van der Waals surface area contributed by atoms with Crippen LogP contribution in [-0.4, -0.2) is 22.1 Å². The molecular weight excluding hydrogens is 308 g/mol. The van der Waals surface area contributed by atoms with Crippen LogP contribution in [-0.2, 0) is 0 Å². The summed E-state index contributed by atoms with van der Waals surface area (Å²) >= 11 is 0. The number of hydrogen-bond acceptors (Lipinski definition) is 4. The highest BCUT2D eigenvalue weighted by Crippen LogP contribution is 2.23. The molecule has 0 fully saturated rings. The number of nitrogens with one attached hydrogen (secondary N) is 2. The van der Waals surface area contributed by atoms with Crippen LogP contribution in [0.5, 0.6) is 5.75 Å². The van der Waals surface area contributed by atoms with Crippen molar-refractivity contribution in [2.24, 2.45) is 5.92 Å². The third-order valence-corrected chi connectivity index (χ3v) is 3.72. The van der Waals surface area contributed by atoms with Gasteiger partial charge in [-0.1, -0.05) is 26.0 Å². The van der Waals surface area contributed by atoms with Crippen molar-refractivity contribution in [2.75, 3.05) is 0 Å². The van der Waals surface area contributed by atoms with Crippen LogP contribution in [0.25, 0.3) is 0 Å². The van der Waals surface area contributed by atoms with Crippen molar-refractivity contribution in [1.82, 2.24) is 10.8 Å². The first-order chi connectivity index (χ1) is 11.4. The maximum atomic E-state index is 12.4. The minimum absolute atomic E-state index is 0.102. The van der Waals surface area contributed by atoms with Crippen molar-refractivity contribution in [2.45, 2.75) is 19.9 Å². The fourth-order valence-corrected chi connectivity index (χ4v) is 2.38. The van der Waals surface area contributed by atoms with E-state index >= 15 is 0 Å². The van der Waals surface area contributed by atoms with Gasteiger partial charge in [0.25, 0.3) is 11.8 Å². The molecule has 2 aromatic carbocycles. The second-order valence-corrected chi connectivity index (χ2v) is 5.80. The van der Waals surface area contributed by atoms with Gasteiger partial charge in [0.2, 0.25) is 0 Å². The molecular formula is C18H20N2O4. The van der Waals surface area contributed by atoms with E-state index in [1.54, 1.807) is 41.9 Å². The number of carbonyl (C=O) groups is 2. The molecule has 6 heteroatoms. The number of hydroxylamine groups is 1. The molecule has 2 amide bonds. The Balaban J connectivity index is 2.18. The highest BCUT2D eigenvalue weighted by atomic mass is 16.5. The van der Waals surface area contributed by atoms with Crippen LogP contribution in [0.1, 0.15) is 46.2 Å². The van der Waals surface area contributed by atoms with Crippen molar-refractivity contribution in [3.8, 4) is 5.75 Å². The Kier molecular flexibility index (Phi) is 5.55. The zero-order valence-corrected chi connectivity index (χ0v) is 13.5. The average molecular weight is 328 g/mol. The highest BCUT2D eigenvalue weighted by molar-refractivity contribution is 5.95. The lowest BCUT2D eigenvalue weighted by Gasteiger charge is -2.23. The molecule has 0 bridgehead atoms. The van der Waals surface area contributed by atoms with Gasteiger partial charge in [-0.15, -0.1) is 0 Å². The smallest absolute Gasteiger partial charge is 0.274 e. The zero-order chi connectivity index (χ0) is 17.7. The number of carbonyl (C=O) groups excluding carboxylic acids is 2. The molecule has 2 rings (SSSR count). The first kappa shape index (κ1) is 17.5. The maximum absolute atomic E-state index is 12.4. The fourth-order valence-electron chi connectivity index (χ4n) is 2.38. The van der Waals surface area contributed by atoms with E-state index in [9.17, 15) is 14.7 Å². The standard InChI is InChI=1S/C18H20N2O4/c1-11(2)16(12-3-5-14(6-4-12)18(23)20-24)19-17(22)13-7-9-15(21)10-8-13/h3-11,16,21,24H,1-2H3,(H,19,22)(H,20,23). The monoisotopic (exact) mass is 328 g/mol. The van der Waals surface area contributed by atoms with Crippen molar-refractivity contribution in [1.29, 1.82) is 0 Å². The topological polar surface area (TPSA) is 98.7 Å². The van der Waals surface area contributed by atoms with Crippen LogP contribution in [0.2, 0.25) is 0 Å². The first-order valence-corrected chi connectivity index (χ1v) is 7.56. The van der Waals surface area contributed by atoms with Gasteiger partial charge in [-0.2, -0.15) is 0 Å². The van der Waals surface area contributed by atoms with Gasteiger partial charge >= 0.3 is 0 Å². The number of phenols is 1. The summed E-state index contributed by atoms with van der Waals surface area (Å²) in [6.45, 7) is 3.96. The lowest BCUT2D eigenvalue weighted by molar-refractivity contribution is 0.0706. The molecule has 24 heavy (non-hydrogen) atoms. The summed E-state index contributed by atoms with van der Waals surface area (Å²) in [6, 6.07) is 12.4. The third kappa shape index (κ3) is 4.11. The van der Waals surface area contributed by atoms with Gasteiger partial charge in [0, 0.05) is 11.1 Å². The van der Waals surface area contributed by atoms with Crippen LogP contribution in [0, 0.1) is 5.92 Å². The summed E-state index contributed by atoms with van der Waals surface area (Å²) in [7, 11) is 0. The summed E-state index contributed by atoms with van der Waals surface area (Å²) in [5, 5.41) is 20.9. The van der Waals surface area contributed by atoms with Crippen LogP contribution in [0.4, 0.5) is 0 Å². The van der Waals surface area contributed by atoms with Crippen molar-refractivity contribution in [3.63, 3.8) is 0 Å². The molecule has 0 aliphatic carbocycles. The summed E-state index contributed by atoms with van der Waals surface area (Å²) < 4.78 is 0. The van der Waals surface area contributed by atoms with Gasteiger partial charge in [0.1, 0.15) is 5.75 Å². The van der Waals surface area contributed by atoms with Crippen LogP contribution in [0.3, 0.4) is 0 Å². The normalized spacial score (nSPS) is 11.8. The molecule has 0 aromatic heterocycles. The molecule has 0 aliphatic rings. The second kappa shape index (κ2) is 7.61. The van der Waals surface area contributed by atoms with Crippen molar-refractivity contribution < 1.29 is 19.9 Å². The van der Waals surface area contributed by atoms with E-state index in [2.05, 4.69) is 5.32 Å². The summed E-state index contributed by atoms with van der Waals surface area (Å²) in [5.74, 6) is -0.602. The molecule has 0 saturated carbocycles. The average Bonchev–Trinajstić information content (AvgIpc) is 2.59. The molecule has 0 radical (unpaired) electrons. The van der Waals surface area contributed by atoms with E-state index in [0.717, 1.165) is 5.56 Å². The van der Waals surface area contributed by atoms with E-state index < -0.39 is 5.91 Å². The van der Waals surface area contributed by atoms with Gasteiger partial charge in [-0.05, 0) is 47.9 Å². The number of phenolic OH excluding ortho intramolecular Hbond substituents is 1. The van der Waals surface area contributed by atoms with E-state index in [-0.39, 0.29) is 23.6 Å². The van der Waals surface area contributed by atoms with Crippen LogP contribution < -0.4 is 10.8 Å². The Bertz CT molecular complexity index is 709. The van der Waals surface area contributed by atoms with E-state index in [1.165, 1.54) is 12.1 Å². The maximum Gasteiger partial charge on any atom is 0.274 e. The SMILES string of the molecule is CC(C)C(NC(=O)c1ccc(O)cc1)c1ccc(C(=O)NO)cc1. The van der Waals surface area contributed by atoms with Crippen LogP contribution in [0.15, 0.2) is 48.5 Å². The Morgan fingerprint density at radius 1 is 0.875 bits per heavy atom. The molecule has 0 spiro atoms. The Hall–Kier alpha value is -2.86. The number of benzene rings is 2. The predicted molar refractivity (Wildman–Crippen MR) is 88.8 cm³/mol. The summed E-state index contributed by atoms with van der Waals surface area (Å²) in [4.78, 5) is 23.7. The lowest BCUT2D eigenvalue weighted by atomic mass is 9.94. The van der Waals surface area contributed by atoms with Crippen molar-refractivity contribution >= 4 is 11.8 Å². The van der Waals surface area contributed by atoms with Crippen LogP contribution >= 0.6 is 0 Å². The first-order valence-electron chi connectivity index (χ1n) is 7.56. The quantitative estimate of drug-likeness (QED) is 0.501. The minimum Gasteiger partial charge on any atom is -0.508 e. The minimum atomic E-state index is -0.587. The molecule has 0 saturated heterocycles. The number of aromatic hydroxyl groups is 1. The number of hydrogen-bond donors (Lipinski definition) is 4. The number of rotatable bonds is 5. The Labute approximate surface area is 140 Å². The molecule has 2 aromatic rings. The molecule has 0 heterocycles. The molecule has 1 unspecified atom stereocenters. The fraction of sp³-hybridized carbons (Fsp3) is 0.222. The zero-order valence-electron chi connectivity index (χ0n) is 13.5. The van der Waals surface area contributed by atoms with E-state index in [4.69, 9.17) is 5.21 Å². The second-order valence-electron chi connectivity index (χ2n) is 5.80. The van der Waals surface area contributed by atoms with E-state index in [1.807, 2.05) is 13.8 Å². The molecule has 126 valence electrons. The highest BCUT2D eigenvalue weighted by Gasteiger charge is 2.19.